The summed E-state index contributed by atoms with van der Waals surface area (Å²) in [6.45, 7) is 3.02. The first-order chi connectivity index (χ1) is 7.38. The third-order valence-corrected chi connectivity index (χ3v) is 2.67. The predicted octanol–water partition coefficient (Wildman–Crippen LogP) is 2.24. The fourth-order valence-corrected chi connectivity index (χ4v) is 1.25. The molecule has 1 N–H and O–H groups in total. The van der Waals surface area contributed by atoms with Gasteiger partial charge in [0.25, 0.3) is 0 Å². The van der Waals surface area contributed by atoms with Crippen LogP contribution in [0.2, 0.25) is 0 Å². The summed E-state index contributed by atoms with van der Waals surface area (Å²) in [4.78, 5) is 11.6. The lowest BCUT2D eigenvalue weighted by molar-refractivity contribution is -0.135. The van der Waals surface area contributed by atoms with Crippen molar-refractivity contribution in [2.75, 3.05) is 0 Å². The molecule has 1 unspecified atom stereocenters. The molecule has 4 heteroatoms. The van der Waals surface area contributed by atoms with Gasteiger partial charge in [-0.2, -0.15) is 0 Å². The summed E-state index contributed by atoms with van der Waals surface area (Å²) in [5, 5.41) is 9.65. The van der Waals surface area contributed by atoms with Gasteiger partial charge in [-0.1, -0.05) is 19.1 Å². The van der Waals surface area contributed by atoms with E-state index in [0.29, 0.717) is 0 Å². The van der Waals surface area contributed by atoms with E-state index in [2.05, 4.69) is 0 Å². The minimum absolute atomic E-state index is 0.0290. The first-order valence-electron chi connectivity index (χ1n) is 5.07. The maximum atomic E-state index is 13.2. The first kappa shape index (κ1) is 12.8. The Balaban J connectivity index is 2.90. The van der Waals surface area contributed by atoms with Crippen LogP contribution in [0, 0.1) is 11.6 Å². The SMILES string of the molecule is CCC(C)(O)C(=O)Cc1cccc(F)c1F. The van der Waals surface area contributed by atoms with E-state index in [-0.39, 0.29) is 18.4 Å². The van der Waals surface area contributed by atoms with Crippen LogP contribution in [0.3, 0.4) is 0 Å². The second-order valence-corrected chi connectivity index (χ2v) is 3.94. The van der Waals surface area contributed by atoms with Gasteiger partial charge in [0.1, 0.15) is 5.60 Å². The summed E-state index contributed by atoms with van der Waals surface area (Å²) in [5.74, 6) is -2.52. The van der Waals surface area contributed by atoms with Crippen molar-refractivity contribution in [3.05, 3.63) is 35.4 Å². The van der Waals surface area contributed by atoms with Crippen LogP contribution in [-0.2, 0) is 11.2 Å². The molecule has 0 bridgehead atoms. The number of Topliss-reactive ketones (excluding diaryl/α,β-unsaturated/α-hetero) is 1. The van der Waals surface area contributed by atoms with E-state index in [0.717, 1.165) is 6.07 Å². The van der Waals surface area contributed by atoms with Crippen molar-refractivity contribution in [2.45, 2.75) is 32.3 Å². The second kappa shape index (κ2) is 4.70. The average molecular weight is 228 g/mol. The van der Waals surface area contributed by atoms with Crippen LogP contribution in [0.1, 0.15) is 25.8 Å². The van der Waals surface area contributed by atoms with Crippen molar-refractivity contribution in [2.24, 2.45) is 0 Å². The maximum Gasteiger partial charge on any atom is 0.168 e. The molecule has 0 aliphatic heterocycles. The molecule has 88 valence electrons. The molecule has 0 fully saturated rings. The van der Waals surface area contributed by atoms with Crippen LogP contribution < -0.4 is 0 Å². The summed E-state index contributed by atoms with van der Waals surface area (Å²) in [6.07, 6.45) is -0.0623. The van der Waals surface area contributed by atoms with E-state index >= 15 is 0 Å². The highest BCUT2D eigenvalue weighted by atomic mass is 19.2. The van der Waals surface area contributed by atoms with Crippen molar-refractivity contribution < 1.29 is 18.7 Å². The van der Waals surface area contributed by atoms with Gasteiger partial charge >= 0.3 is 0 Å². The molecule has 0 saturated heterocycles. The Morgan fingerprint density at radius 1 is 1.44 bits per heavy atom. The number of benzene rings is 1. The summed E-state index contributed by atoms with van der Waals surface area (Å²) in [5.41, 5.74) is -1.52. The Hall–Kier alpha value is -1.29. The van der Waals surface area contributed by atoms with Gasteiger partial charge in [0.15, 0.2) is 17.4 Å². The minimum atomic E-state index is -1.49. The van der Waals surface area contributed by atoms with E-state index < -0.39 is 23.0 Å². The van der Waals surface area contributed by atoms with Gasteiger partial charge in [0, 0.05) is 6.42 Å². The van der Waals surface area contributed by atoms with Gasteiger partial charge in [-0.3, -0.25) is 4.79 Å². The largest absolute Gasteiger partial charge is 0.382 e. The molecule has 0 aliphatic carbocycles. The van der Waals surface area contributed by atoms with E-state index in [1.165, 1.54) is 19.1 Å². The molecule has 0 spiro atoms. The number of carbonyl (C=O) groups is 1. The second-order valence-electron chi connectivity index (χ2n) is 3.94. The molecule has 1 atom stereocenters. The summed E-state index contributed by atoms with van der Waals surface area (Å²) in [7, 11) is 0. The van der Waals surface area contributed by atoms with E-state index in [4.69, 9.17) is 0 Å². The number of halogens is 2. The molecular weight excluding hydrogens is 214 g/mol. The number of hydrogen-bond donors (Lipinski definition) is 1. The Morgan fingerprint density at radius 2 is 2.06 bits per heavy atom. The van der Waals surface area contributed by atoms with Gasteiger partial charge in [-0.05, 0) is 25.0 Å². The van der Waals surface area contributed by atoms with E-state index in [1.54, 1.807) is 6.92 Å². The molecule has 0 aromatic heterocycles. The highest BCUT2D eigenvalue weighted by molar-refractivity contribution is 5.88. The molecule has 1 rings (SSSR count). The zero-order chi connectivity index (χ0) is 12.3. The predicted molar refractivity (Wildman–Crippen MR) is 56.0 cm³/mol. The number of rotatable bonds is 4. The zero-order valence-electron chi connectivity index (χ0n) is 9.26. The van der Waals surface area contributed by atoms with Gasteiger partial charge in [0.05, 0.1) is 0 Å². The molecule has 16 heavy (non-hydrogen) atoms. The van der Waals surface area contributed by atoms with Crippen molar-refractivity contribution in [3.8, 4) is 0 Å². The van der Waals surface area contributed by atoms with Gasteiger partial charge in [-0.25, -0.2) is 8.78 Å². The highest BCUT2D eigenvalue weighted by Crippen LogP contribution is 2.17. The third kappa shape index (κ3) is 2.64. The Kier molecular flexibility index (Phi) is 3.75. The Morgan fingerprint density at radius 3 is 2.62 bits per heavy atom. The number of ketones is 1. The molecule has 0 aliphatic rings. The van der Waals surface area contributed by atoms with Crippen molar-refractivity contribution in [3.63, 3.8) is 0 Å². The standard InChI is InChI=1S/C12H14F2O2/c1-3-12(2,16)10(15)7-8-5-4-6-9(13)11(8)14/h4-6,16H,3,7H2,1-2H3. The summed E-state index contributed by atoms with van der Waals surface area (Å²) < 4.78 is 26.1. The van der Waals surface area contributed by atoms with Crippen LogP contribution in [0.15, 0.2) is 18.2 Å². The number of hydrogen-bond acceptors (Lipinski definition) is 2. The smallest absolute Gasteiger partial charge is 0.168 e. The first-order valence-corrected chi connectivity index (χ1v) is 5.07. The van der Waals surface area contributed by atoms with Crippen LogP contribution in [-0.4, -0.2) is 16.5 Å². The Bertz CT molecular complexity index is 400. The van der Waals surface area contributed by atoms with Crippen molar-refractivity contribution in [1.82, 2.24) is 0 Å². The highest BCUT2D eigenvalue weighted by Gasteiger charge is 2.28. The quantitative estimate of drug-likeness (QED) is 0.858. The fourth-order valence-electron chi connectivity index (χ4n) is 1.25. The monoisotopic (exact) mass is 228 g/mol. The van der Waals surface area contributed by atoms with Gasteiger partial charge in [0.2, 0.25) is 0 Å². The molecule has 0 heterocycles. The average Bonchev–Trinajstić information content (AvgIpc) is 2.24. The van der Waals surface area contributed by atoms with Crippen LogP contribution in [0.5, 0.6) is 0 Å². The number of aliphatic hydroxyl groups is 1. The molecular formula is C12H14F2O2. The van der Waals surface area contributed by atoms with E-state index in [1.807, 2.05) is 0 Å². The lowest BCUT2D eigenvalue weighted by atomic mass is 9.93. The lowest BCUT2D eigenvalue weighted by Crippen LogP contribution is -2.35. The van der Waals surface area contributed by atoms with Gasteiger partial charge in [-0.15, -0.1) is 0 Å². The van der Waals surface area contributed by atoms with Crippen LogP contribution in [0.25, 0.3) is 0 Å². The molecule has 0 radical (unpaired) electrons. The molecule has 1 aromatic rings. The fraction of sp³-hybridized carbons (Fsp3) is 0.417. The molecule has 1 aromatic carbocycles. The third-order valence-electron chi connectivity index (χ3n) is 2.67. The van der Waals surface area contributed by atoms with Gasteiger partial charge < -0.3 is 5.11 Å². The minimum Gasteiger partial charge on any atom is -0.382 e. The zero-order valence-corrected chi connectivity index (χ0v) is 9.26. The molecule has 0 amide bonds. The molecule has 2 nitrogen and oxygen atoms in total. The number of carbonyl (C=O) groups excluding carboxylic acids is 1. The maximum absolute atomic E-state index is 13.2. The molecule has 0 saturated carbocycles. The van der Waals surface area contributed by atoms with Crippen molar-refractivity contribution in [1.29, 1.82) is 0 Å². The summed E-state index contributed by atoms with van der Waals surface area (Å²) in [6, 6.07) is 3.66. The lowest BCUT2D eigenvalue weighted by Gasteiger charge is -2.19. The summed E-state index contributed by atoms with van der Waals surface area (Å²) >= 11 is 0. The van der Waals surface area contributed by atoms with Crippen LogP contribution >= 0.6 is 0 Å². The van der Waals surface area contributed by atoms with Crippen molar-refractivity contribution >= 4 is 5.78 Å². The normalized spacial score (nSPS) is 14.6. The van der Waals surface area contributed by atoms with E-state index in [9.17, 15) is 18.7 Å². The topological polar surface area (TPSA) is 37.3 Å². The Labute approximate surface area is 92.9 Å². The van der Waals surface area contributed by atoms with Crippen LogP contribution in [0.4, 0.5) is 8.78 Å².